The zero-order valence-electron chi connectivity index (χ0n) is 16.9. The lowest BCUT2D eigenvalue weighted by molar-refractivity contribution is 0.0464. The van der Waals surface area contributed by atoms with Gasteiger partial charge in [0.15, 0.2) is 5.82 Å². The van der Waals surface area contributed by atoms with Crippen molar-refractivity contribution in [3.05, 3.63) is 60.7 Å². The van der Waals surface area contributed by atoms with Crippen molar-refractivity contribution in [2.24, 2.45) is 5.92 Å². The second kappa shape index (κ2) is 8.03. The van der Waals surface area contributed by atoms with Gasteiger partial charge in [0.2, 0.25) is 0 Å². The number of piperidine rings is 1. The molecule has 1 N–H and O–H groups in total. The zero-order valence-corrected chi connectivity index (χ0v) is 16.9. The van der Waals surface area contributed by atoms with Crippen LogP contribution in [0.1, 0.15) is 36.2 Å². The van der Waals surface area contributed by atoms with Crippen LogP contribution < -0.4 is 0 Å². The third-order valence-electron chi connectivity index (χ3n) is 5.97. The zero-order chi connectivity index (χ0) is 20.5. The molecular formula is C24H26N4O2. The molecule has 0 unspecified atom stereocenters. The molecule has 6 nitrogen and oxygen atoms in total. The van der Waals surface area contributed by atoms with Gasteiger partial charge in [0.1, 0.15) is 5.69 Å². The van der Waals surface area contributed by atoms with Gasteiger partial charge in [-0.25, -0.2) is 9.97 Å². The van der Waals surface area contributed by atoms with Crippen LogP contribution in [0, 0.1) is 5.92 Å². The Morgan fingerprint density at radius 1 is 1.03 bits per heavy atom. The highest BCUT2D eigenvalue weighted by atomic mass is 16.3. The number of carbonyl (C=O) groups excluding carboxylic acids is 1. The molecule has 3 aromatic rings. The number of aliphatic hydroxyl groups is 1. The molecule has 2 aliphatic rings. The third kappa shape index (κ3) is 4.00. The molecule has 6 heteroatoms. The largest absolute Gasteiger partial charge is 0.391 e. The number of hydrogen-bond donors (Lipinski definition) is 1. The Hall–Kier alpha value is -2.99. The molecule has 0 radical (unpaired) electrons. The third-order valence-corrected chi connectivity index (χ3v) is 5.97. The van der Waals surface area contributed by atoms with Gasteiger partial charge in [-0.2, -0.15) is 0 Å². The van der Waals surface area contributed by atoms with Crippen molar-refractivity contribution in [2.45, 2.75) is 38.3 Å². The number of aliphatic hydroxyl groups excluding tert-OH is 1. The SMILES string of the molecule is O=C(c1cc(-c2cnc(-c3ccccc3)nc2)cn1CC1CC1)N1CCC[C@H](O)C1. The van der Waals surface area contributed by atoms with Gasteiger partial charge in [0.05, 0.1) is 6.10 Å². The van der Waals surface area contributed by atoms with Crippen LogP contribution >= 0.6 is 0 Å². The Morgan fingerprint density at radius 3 is 2.50 bits per heavy atom. The number of rotatable bonds is 5. The van der Waals surface area contributed by atoms with Gasteiger partial charge in [-0.15, -0.1) is 0 Å². The molecule has 1 atom stereocenters. The number of nitrogens with zero attached hydrogens (tertiary/aromatic N) is 4. The van der Waals surface area contributed by atoms with Crippen molar-refractivity contribution < 1.29 is 9.90 Å². The molecule has 2 fully saturated rings. The first kappa shape index (κ1) is 19.0. The highest BCUT2D eigenvalue weighted by Crippen LogP contribution is 2.33. The molecule has 2 aromatic heterocycles. The van der Waals surface area contributed by atoms with E-state index in [0.29, 0.717) is 30.5 Å². The molecule has 1 amide bonds. The van der Waals surface area contributed by atoms with Crippen LogP contribution in [0.25, 0.3) is 22.5 Å². The molecule has 1 aliphatic carbocycles. The van der Waals surface area contributed by atoms with E-state index < -0.39 is 6.10 Å². The van der Waals surface area contributed by atoms with Gasteiger partial charge in [-0.3, -0.25) is 4.79 Å². The van der Waals surface area contributed by atoms with Crippen molar-refractivity contribution in [1.82, 2.24) is 19.4 Å². The normalized spacial score (nSPS) is 19.1. The van der Waals surface area contributed by atoms with E-state index in [-0.39, 0.29) is 5.91 Å². The molecule has 0 spiro atoms. The van der Waals surface area contributed by atoms with Gasteiger partial charge in [0, 0.05) is 54.9 Å². The maximum Gasteiger partial charge on any atom is 0.270 e. The van der Waals surface area contributed by atoms with E-state index in [4.69, 9.17) is 0 Å². The highest BCUT2D eigenvalue weighted by molar-refractivity contribution is 5.94. The average molecular weight is 402 g/mol. The summed E-state index contributed by atoms with van der Waals surface area (Å²) in [6, 6.07) is 11.9. The summed E-state index contributed by atoms with van der Waals surface area (Å²) in [7, 11) is 0. The van der Waals surface area contributed by atoms with Crippen molar-refractivity contribution in [2.75, 3.05) is 13.1 Å². The van der Waals surface area contributed by atoms with Crippen LogP contribution in [0.2, 0.25) is 0 Å². The van der Waals surface area contributed by atoms with E-state index >= 15 is 0 Å². The molecule has 1 aromatic carbocycles. The quantitative estimate of drug-likeness (QED) is 0.708. The summed E-state index contributed by atoms with van der Waals surface area (Å²) in [6.07, 6.45) is 9.33. The Bertz CT molecular complexity index is 1030. The van der Waals surface area contributed by atoms with Crippen LogP contribution in [-0.4, -0.2) is 49.6 Å². The summed E-state index contributed by atoms with van der Waals surface area (Å²) in [4.78, 5) is 24.1. The van der Waals surface area contributed by atoms with E-state index in [1.807, 2.05) is 55.0 Å². The molecule has 154 valence electrons. The van der Waals surface area contributed by atoms with Crippen LogP contribution in [0.3, 0.4) is 0 Å². The van der Waals surface area contributed by atoms with Crippen LogP contribution in [-0.2, 0) is 6.54 Å². The highest BCUT2D eigenvalue weighted by Gasteiger charge is 2.28. The van der Waals surface area contributed by atoms with E-state index in [0.717, 1.165) is 36.1 Å². The van der Waals surface area contributed by atoms with Crippen molar-refractivity contribution in [3.8, 4) is 22.5 Å². The van der Waals surface area contributed by atoms with Gasteiger partial charge in [0.25, 0.3) is 5.91 Å². The average Bonchev–Trinajstić information content (AvgIpc) is 3.51. The van der Waals surface area contributed by atoms with E-state index in [1.165, 1.54) is 12.8 Å². The first-order chi connectivity index (χ1) is 14.7. The number of β-amino-alcohol motifs (C(OH)–C–C–N with tert-alkyl or cyclic N) is 1. The second-order valence-corrected chi connectivity index (χ2v) is 8.42. The lowest BCUT2D eigenvalue weighted by Gasteiger charge is -2.30. The molecule has 1 saturated heterocycles. The molecule has 1 aliphatic heterocycles. The standard InChI is InChI=1S/C24H26N4O2/c29-21-7-4-10-27(16-21)24(30)22-11-19(15-28(22)14-17-8-9-17)20-12-25-23(26-13-20)18-5-2-1-3-6-18/h1-3,5-6,11-13,15,17,21,29H,4,7-10,14,16H2/t21-/m0/s1. The first-order valence-corrected chi connectivity index (χ1v) is 10.7. The molecule has 30 heavy (non-hydrogen) atoms. The van der Waals surface area contributed by atoms with Crippen molar-refractivity contribution >= 4 is 5.91 Å². The lowest BCUT2D eigenvalue weighted by atomic mass is 10.1. The Kier molecular flexibility index (Phi) is 5.09. The molecule has 0 bridgehead atoms. The summed E-state index contributed by atoms with van der Waals surface area (Å²) in [5.41, 5.74) is 3.53. The minimum Gasteiger partial charge on any atom is -0.391 e. The molecular weight excluding hydrogens is 376 g/mol. The number of carbonyl (C=O) groups is 1. The Balaban J connectivity index is 1.43. The second-order valence-electron chi connectivity index (χ2n) is 8.42. The summed E-state index contributed by atoms with van der Waals surface area (Å²) in [5, 5.41) is 9.99. The fourth-order valence-electron chi connectivity index (χ4n) is 4.09. The van der Waals surface area contributed by atoms with Gasteiger partial charge >= 0.3 is 0 Å². The lowest BCUT2D eigenvalue weighted by Crippen LogP contribution is -2.42. The van der Waals surface area contributed by atoms with E-state index in [1.54, 1.807) is 4.90 Å². The number of aromatic nitrogens is 3. The summed E-state index contributed by atoms with van der Waals surface area (Å²) in [5.74, 6) is 1.35. The van der Waals surface area contributed by atoms with Crippen molar-refractivity contribution in [1.29, 1.82) is 0 Å². The number of likely N-dealkylation sites (tertiary alicyclic amines) is 1. The Labute approximate surface area is 176 Å². The summed E-state index contributed by atoms with van der Waals surface area (Å²) >= 11 is 0. The van der Waals surface area contributed by atoms with Crippen molar-refractivity contribution in [3.63, 3.8) is 0 Å². The maximum atomic E-state index is 13.2. The van der Waals surface area contributed by atoms with Gasteiger partial charge in [-0.05, 0) is 37.7 Å². The first-order valence-electron chi connectivity index (χ1n) is 10.7. The topological polar surface area (TPSA) is 71.2 Å². The molecule has 3 heterocycles. The fourth-order valence-corrected chi connectivity index (χ4v) is 4.09. The van der Waals surface area contributed by atoms with Crippen LogP contribution in [0.4, 0.5) is 0 Å². The smallest absolute Gasteiger partial charge is 0.270 e. The summed E-state index contributed by atoms with van der Waals surface area (Å²) in [6.45, 7) is 1.98. The van der Waals surface area contributed by atoms with E-state index in [2.05, 4.69) is 14.5 Å². The van der Waals surface area contributed by atoms with Gasteiger partial charge in [-0.1, -0.05) is 30.3 Å². The minimum absolute atomic E-state index is 0.00229. The number of hydrogen-bond acceptors (Lipinski definition) is 4. The Morgan fingerprint density at radius 2 is 1.80 bits per heavy atom. The summed E-state index contributed by atoms with van der Waals surface area (Å²) < 4.78 is 2.08. The number of benzene rings is 1. The van der Waals surface area contributed by atoms with E-state index in [9.17, 15) is 9.90 Å². The fraction of sp³-hybridized carbons (Fsp3) is 0.375. The minimum atomic E-state index is -0.423. The monoisotopic (exact) mass is 402 g/mol. The van der Waals surface area contributed by atoms with Crippen LogP contribution in [0.5, 0.6) is 0 Å². The predicted molar refractivity (Wildman–Crippen MR) is 115 cm³/mol. The van der Waals surface area contributed by atoms with Gasteiger partial charge < -0.3 is 14.6 Å². The maximum absolute atomic E-state index is 13.2. The molecule has 1 saturated carbocycles. The predicted octanol–water partition coefficient (Wildman–Crippen LogP) is 3.62. The number of amides is 1. The van der Waals surface area contributed by atoms with Crippen LogP contribution in [0.15, 0.2) is 55.0 Å². The molecule has 5 rings (SSSR count).